The number of hydrogen-bond acceptors (Lipinski definition) is 5. The van der Waals surface area contributed by atoms with Crippen LogP contribution in [0.1, 0.15) is 37.0 Å². The van der Waals surface area contributed by atoms with Gasteiger partial charge in [-0.2, -0.15) is 0 Å². The number of carbonyl (C=O) groups excluding carboxylic acids is 2. The smallest absolute Gasteiger partial charge is 0.338 e. The fraction of sp³-hybridized carbons (Fsp3) is 0.333. The normalized spacial score (nSPS) is 12.1. The molecule has 0 heterocycles. The van der Waals surface area contributed by atoms with Gasteiger partial charge in [-0.15, -0.1) is 0 Å². The van der Waals surface area contributed by atoms with Crippen molar-refractivity contribution >= 4 is 33.3 Å². The zero-order valence-corrected chi connectivity index (χ0v) is 17.9. The molecule has 0 bridgehead atoms. The number of unbranched alkanes of at least 4 members (excludes halogenated alkanes) is 1. The van der Waals surface area contributed by atoms with Crippen molar-refractivity contribution in [1.29, 1.82) is 0 Å². The van der Waals surface area contributed by atoms with Crippen LogP contribution in [0.3, 0.4) is 0 Å². The van der Waals surface area contributed by atoms with Crippen LogP contribution in [0.5, 0.6) is 0 Å². The summed E-state index contributed by atoms with van der Waals surface area (Å²) in [4.78, 5) is 24.6. The number of esters is 1. The van der Waals surface area contributed by atoms with Crippen molar-refractivity contribution in [1.82, 2.24) is 0 Å². The summed E-state index contributed by atoms with van der Waals surface area (Å²) in [5.74, 6) is -1.55. The lowest BCUT2D eigenvalue weighted by atomic mass is 10.2. The van der Waals surface area contributed by atoms with Gasteiger partial charge >= 0.3 is 5.97 Å². The molecule has 162 valence electrons. The van der Waals surface area contributed by atoms with E-state index in [1.54, 1.807) is 0 Å². The molecule has 0 saturated heterocycles. The maximum Gasteiger partial charge on any atom is 0.338 e. The molecule has 1 atom stereocenters. The molecule has 1 N–H and O–H groups in total. The second kappa shape index (κ2) is 10.2. The van der Waals surface area contributed by atoms with Crippen LogP contribution in [0.2, 0.25) is 0 Å². The van der Waals surface area contributed by atoms with Crippen LogP contribution in [-0.2, 0) is 19.6 Å². The molecule has 0 spiro atoms. The summed E-state index contributed by atoms with van der Waals surface area (Å²) < 4.78 is 43.7. The minimum Gasteiger partial charge on any atom is -0.462 e. The fourth-order valence-corrected chi connectivity index (χ4v) is 3.90. The Morgan fingerprint density at radius 1 is 1.10 bits per heavy atom. The molecule has 7 nitrogen and oxygen atoms in total. The van der Waals surface area contributed by atoms with Gasteiger partial charge in [-0.1, -0.05) is 13.3 Å². The van der Waals surface area contributed by atoms with Crippen molar-refractivity contribution in [3.05, 3.63) is 59.9 Å². The predicted octanol–water partition coefficient (Wildman–Crippen LogP) is 3.58. The van der Waals surface area contributed by atoms with Crippen molar-refractivity contribution in [2.45, 2.75) is 32.7 Å². The molecule has 0 radical (unpaired) electrons. The first-order valence-electron chi connectivity index (χ1n) is 9.46. The first-order valence-corrected chi connectivity index (χ1v) is 11.3. The lowest BCUT2D eigenvalue weighted by Crippen LogP contribution is -2.45. The van der Waals surface area contributed by atoms with Gasteiger partial charge in [0.1, 0.15) is 11.9 Å². The Morgan fingerprint density at radius 2 is 1.70 bits per heavy atom. The molecule has 30 heavy (non-hydrogen) atoms. The van der Waals surface area contributed by atoms with E-state index < -0.39 is 33.8 Å². The summed E-state index contributed by atoms with van der Waals surface area (Å²) in [6, 6.07) is 9.83. The highest BCUT2D eigenvalue weighted by Crippen LogP contribution is 2.22. The first kappa shape index (κ1) is 23.3. The maximum atomic E-state index is 13.2. The van der Waals surface area contributed by atoms with Gasteiger partial charge in [0.2, 0.25) is 15.9 Å². The van der Waals surface area contributed by atoms with E-state index in [2.05, 4.69) is 5.32 Å². The van der Waals surface area contributed by atoms with E-state index in [0.29, 0.717) is 17.9 Å². The molecule has 0 aliphatic carbocycles. The molecule has 0 aromatic heterocycles. The number of halogens is 1. The van der Waals surface area contributed by atoms with Gasteiger partial charge in [0.15, 0.2) is 0 Å². The standard InChI is InChI=1S/C21H25FN2O5S/c1-4-5-14-29-21(26)16-6-10-18(11-7-16)23-20(25)15(2)24(30(3,27)28)19-12-8-17(22)9-13-19/h6-13,15H,4-5,14H2,1-3H3,(H,23,25)/t15-/m1/s1. The zero-order chi connectivity index (χ0) is 22.3. The van der Waals surface area contributed by atoms with Gasteiger partial charge in [-0.25, -0.2) is 17.6 Å². The van der Waals surface area contributed by atoms with Crippen LogP contribution < -0.4 is 9.62 Å². The molecule has 2 aromatic carbocycles. The average Bonchev–Trinajstić information content (AvgIpc) is 2.69. The Hall–Kier alpha value is -2.94. The van der Waals surface area contributed by atoms with Gasteiger partial charge in [0.05, 0.1) is 24.1 Å². The molecule has 0 unspecified atom stereocenters. The molecule has 9 heteroatoms. The first-order chi connectivity index (χ1) is 14.1. The Kier molecular flexibility index (Phi) is 7.93. The number of rotatable bonds is 9. The second-order valence-electron chi connectivity index (χ2n) is 6.77. The Bertz CT molecular complexity index is 975. The molecular weight excluding hydrogens is 411 g/mol. The predicted molar refractivity (Wildman–Crippen MR) is 113 cm³/mol. The third-order valence-electron chi connectivity index (χ3n) is 4.29. The van der Waals surface area contributed by atoms with E-state index in [4.69, 9.17) is 4.74 Å². The van der Waals surface area contributed by atoms with Crippen LogP contribution in [0.4, 0.5) is 15.8 Å². The summed E-state index contributed by atoms with van der Waals surface area (Å²) in [6.07, 6.45) is 2.67. The Labute approximate surface area is 175 Å². The summed E-state index contributed by atoms with van der Waals surface area (Å²) in [5.41, 5.74) is 0.914. The number of nitrogens with one attached hydrogen (secondary N) is 1. The minimum absolute atomic E-state index is 0.173. The number of ether oxygens (including phenoxy) is 1. The third kappa shape index (κ3) is 6.28. The quantitative estimate of drug-likeness (QED) is 0.479. The van der Waals surface area contributed by atoms with Gasteiger partial charge in [-0.3, -0.25) is 9.10 Å². The van der Waals surface area contributed by atoms with E-state index in [0.717, 1.165) is 35.5 Å². The lowest BCUT2D eigenvalue weighted by Gasteiger charge is -2.28. The Balaban J connectivity index is 2.11. The molecule has 0 fully saturated rings. The van der Waals surface area contributed by atoms with Gasteiger partial charge in [0, 0.05) is 5.69 Å². The zero-order valence-electron chi connectivity index (χ0n) is 17.1. The molecule has 2 aromatic rings. The highest BCUT2D eigenvalue weighted by molar-refractivity contribution is 7.92. The van der Waals surface area contributed by atoms with Crippen LogP contribution in [-0.4, -0.2) is 39.2 Å². The maximum absolute atomic E-state index is 13.2. The van der Waals surface area contributed by atoms with E-state index in [1.807, 2.05) is 6.92 Å². The lowest BCUT2D eigenvalue weighted by molar-refractivity contribution is -0.116. The van der Waals surface area contributed by atoms with Crippen LogP contribution in [0.25, 0.3) is 0 Å². The fourth-order valence-electron chi connectivity index (χ4n) is 2.73. The van der Waals surface area contributed by atoms with Gasteiger partial charge < -0.3 is 10.1 Å². The minimum atomic E-state index is -3.81. The molecule has 0 aliphatic rings. The summed E-state index contributed by atoms with van der Waals surface area (Å²) in [7, 11) is -3.81. The highest BCUT2D eigenvalue weighted by atomic mass is 32.2. The number of anilines is 2. The monoisotopic (exact) mass is 436 g/mol. The average molecular weight is 437 g/mol. The van der Waals surface area contributed by atoms with Crippen molar-refractivity contribution < 1.29 is 27.1 Å². The molecular formula is C21H25FN2O5S. The molecule has 0 aliphatic heterocycles. The van der Waals surface area contributed by atoms with E-state index in [-0.39, 0.29) is 5.69 Å². The van der Waals surface area contributed by atoms with Crippen LogP contribution in [0.15, 0.2) is 48.5 Å². The van der Waals surface area contributed by atoms with Crippen molar-refractivity contribution in [2.24, 2.45) is 0 Å². The van der Waals surface area contributed by atoms with Crippen LogP contribution >= 0.6 is 0 Å². The largest absolute Gasteiger partial charge is 0.462 e. The molecule has 2 rings (SSSR count). The number of hydrogen-bond donors (Lipinski definition) is 1. The van der Waals surface area contributed by atoms with Crippen molar-refractivity contribution in [2.75, 3.05) is 22.5 Å². The van der Waals surface area contributed by atoms with Crippen LogP contribution in [0, 0.1) is 5.82 Å². The van der Waals surface area contributed by atoms with E-state index in [9.17, 15) is 22.4 Å². The topological polar surface area (TPSA) is 92.8 Å². The van der Waals surface area contributed by atoms with E-state index in [1.165, 1.54) is 43.3 Å². The van der Waals surface area contributed by atoms with Gasteiger partial charge in [-0.05, 0) is 61.9 Å². The number of amides is 1. The Morgan fingerprint density at radius 3 is 2.23 bits per heavy atom. The third-order valence-corrected chi connectivity index (χ3v) is 5.53. The number of benzene rings is 2. The second-order valence-corrected chi connectivity index (χ2v) is 8.63. The highest BCUT2D eigenvalue weighted by Gasteiger charge is 2.29. The van der Waals surface area contributed by atoms with Gasteiger partial charge in [0.25, 0.3) is 0 Å². The van der Waals surface area contributed by atoms with E-state index >= 15 is 0 Å². The van der Waals surface area contributed by atoms with Crippen molar-refractivity contribution in [3.63, 3.8) is 0 Å². The summed E-state index contributed by atoms with van der Waals surface area (Å²) >= 11 is 0. The number of carbonyl (C=O) groups is 2. The molecule has 1 amide bonds. The number of sulfonamides is 1. The number of nitrogens with zero attached hydrogens (tertiary/aromatic N) is 1. The summed E-state index contributed by atoms with van der Waals surface area (Å²) in [6.45, 7) is 3.77. The summed E-state index contributed by atoms with van der Waals surface area (Å²) in [5, 5.41) is 2.62. The molecule has 0 saturated carbocycles. The van der Waals surface area contributed by atoms with Crippen molar-refractivity contribution in [3.8, 4) is 0 Å². The SMILES string of the molecule is CCCCOC(=O)c1ccc(NC(=O)[C@@H](C)N(c2ccc(F)cc2)S(C)(=O)=O)cc1.